The number of nitrogens with zero attached hydrogens (tertiary/aromatic N) is 1. The first-order valence-corrected chi connectivity index (χ1v) is 9.56. The highest BCUT2D eigenvalue weighted by Gasteiger charge is 2.21. The third-order valence-corrected chi connectivity index (χ3v) is 5.83. The number of hydrogen-bond acceptors (Lipinski definition) is 5. The lowest BCUT2D eigenvalue weighted by molar-refractivity contribution is -0.116. The van der Waals surface area contributed by atoms with E-state index in [4.69, 9.17) is 5.73 Å². The number of rotatable bonds is 5. The molecule has 7 nitrogen and oxygen atoms in total. The summed E-state index contributed by atoms with van der Waals surface area (Å²) in [6, 6.07) is 6.45. The number of thiophene rings is 1. The van der Waals surface area contributed by atoms with Gasteiger partial charge in [0, 0.05) is 29.0 Å². The average Bonchev–Trinajstić information content (AvgIpc) is 3.20. The molecule has 0 radical (unpaired) electrons. The van der Waals surface area contributed by atoms with Gasteiger partial charge in [0.25, 0.3) is 5.56 Å². The van der Waals surface area contributed by atoms with Crippen LogP contribution in [0.15, 0.2) is 29.1 Å². The second kappa shape index (κ2) is 6.96. The lowest BCUT2D eigenvalue weighted by Crippen LogP contribution is -2.17. The van der Waals surface area contributed by atoms with Gasteiger partial charge in [-0.05, 0) is 43.0 Å². The summed E-state index contributed by atoms with van der Waals surface area (Å²) >= 11 is 1.58. The first-order chi connectivity index (χ1) is 13.0. The smallest absolute Gasteiger partial charge is 0.259 e. The van der Waals surface area contributed by atoms with Crippen LogP contribution >= 0.6 is 11.3 Å². The monoisotopic (exact) mass is 382 g/mol. The number of aryl methyl sites for hydroxylation is 3. The Bertz CT molecular complexity index is 1120. The third kappa shape index (κ3) is 3.48. The van der Waals surface area contributed by atoms with Gasteiger partial charge in [0.05, 0.1) is 5.39 Å². The average molecular weight is 382 g/mol. The van der Waals surface area contributed by atoms with Crippen LogP contribution in [0.4, 0.5) is 5.69 Å². The highest BCUT2D eigenvalue weighted by Crippen LogP contribution is 2.34. The van der Waals surface area contributed by atoms with E-state index in [0.717, 1.165) is 29.7 Å². The summed E-state index contributed by atoms with van der Waals surface area (Å²) in [6.45, 7) is 0. The minimum absolute atomic E-state index is 0.121. The zero-order valence-electron chi connectivity index (χ0n) is 14.5. The van der Waals surface area contributed by atoms with Crippen LogP contribution in [0.3, 0.4) is 0 Å². The molecular weight excluding hydrogens is 364 g/mol. The Hall–Kier alpha value is -3.00. The van der Waals surface area contributed by atoms with E-state index in [-0.39, 0.29) is 17.9 Å². The van der Waals surface area contributed by atoms with Crippen molar-refractivity contribution in [3.63, 3.8) is 0 Å². The summed E-state index contributed by atoms with van der Waals surface area (Å²) in [5, 5.41) is 3.44. The highest BCUT2D eigenvalue weighted by molar-refractivity contribution is 7.18. The van der Waals surface area contributed by atoms with Gasteiger partial charge in [0.1, 0.15) is 10.7 Å². The number of hydrogen-bond donors (Lipinski definition) is 3. The first-order valence-electron chi connectivity index (χ1n) is 8.74. The fraction of sp³-hybridized carbons (Fsp3) is 0.263. The Labute approximate surface area is 158 Å². The second-order valence-electron chi connectivity index (χ2n) is 6.54. The number of carbonyl (C=O) groups excluding carboxylic acids is 2. The number of nitrogens with one attached hydrogen (secondary N) is 2. The molecule has 1 aromatic carbocycles. The van der Waals surface area contributed by atoms with Gasteiger partial charge in [0.15, 0.2) is 0 Å². The summed E-state index contributed by atoms with van der Waals surface area (Å²) in [6.07, 6.45) is 3.54. The van der Waals surface area contributed by atoms with Crippen molar-refractivity contribution < 1.29 is 9.59 Å². The van der Waals surface area contributed by atoms with E-state index < -0.39 is 5.91 Å². The molecule has 0 fully saturated rings. The van der Waals surface area contributed by atoms with Crippen molar-refractivity contribution in [1.82, 2.24) is 9.97 Å². The standard InChI is InChI=1S/C19H18N4O3S/c20-17(25)10-3-1-4-11(9-10)21-15(24)8-7-14-22-18(26)16-12-5-2-6-13(12)27-19(16)23-14/h1,3-4,9H,2,5-8H2,(H2,20,25)(H,21,24)(H,22,23,26). The van der Waals surface area contributed by atoms with E-state index in [1.54, 1.807) is 29.5 Å². The molecule has 1 aliphatic carbocycles. The van der Waals surface area contributed by atoms with Crippen molar-refractivity contribution >= 4 is 39.1 Å². The first kappa shape index (κ1) is 17.4. The predicted molar refractivity (Wildman–Crippen MR) is 104 cm³/mol. The maximum absolute atomic E-state index is 12.4. The summed E-state index contributed by atoms with van der Waals surface area (Å²) in [5.74, 6) is -0.273. The molecule has 2 aromatic heterocycles. The number of primary amides is 1. The minimum atomic E-state index is -0.552. The van der Waals surface area contributed by atoms with Gasteiger partial charge in [-0.3, -0.25) is 14.4 Å². The van der Waals surface area contributed by atoms with Crippen molar-refractivity contribution in [3.8, 4) is 0 Å². The fourth-order valence-corrected chi connectivity index (χ4v) is 4.65. The number of nitrogens with two attached hydrogens (primary N) is 1. The maximum Gasteiger partial charge on any atom is 0.259 e. The fourth-order valence-electron chi connectivity index (χ4n) is 3.37. The summed E-state index contributed by atoms with van der Waals surface area (Å²) < 4.78 is 0. The number of aromatic amines is 1. The molecule has 2 heterocycles. The van der Waals surface area contributed by atoms with Crippen LogP contribution in [0.1, 0.15) is 39.5 Å². The molecule has 138 valence electrons. The van der Waals surface area contributed by atoms with E-state index in [2.05, 4.69) is 15.3 Å². The van der Waals surface area contributed by atoms with Gasteiger partial charge < -0.3 is 16.0 Å². The molecule has 1 aliphatic rings. The van der Waals surface area contributed by atoms with Gasteiger partial charge in [-0.25, -0.2) is 4.98 Å². The van der Waals surface area contributed by atoms with Crippen molar-refractivity contribution in [1.29, 1.82) is 0 Å². The molecule has 0 saturated heterocycles. The molecule has 4 rings (SSSR count). The summed E-state index contributed by atoms with van der Waals surface area (Å²) in [7, 11) is 0. The number of fused-ring (bicyclic) bond motifs is 3. The Balaban J connectivity index is 1.45. The van der Waals surface area contributed by atoms with E-state index in [0.29, 0.717) is 28.9 Å². The summed E-state index contributed by atoms with van der Waals surface area (Å²) in [5.41, 5.74) is 7.09. The molecule has 8 heteroatoms. The van der Waals surface area contributed by atoms with Crippen molar-refractivity contribution in [2.24, 2.45) is 5.73 Å². The molecule has 4 N–H and O–H groups in total. The van der Waals surface area contributed by atoms with Gasteiger partial charge in [-0.2, -0.15) is 0 Å². The summed E-state index contributed by atoms with van der Waals surface area (Å²) in [4.78, 5) is 45.2. The van der Waals surface area contributed by atoms with Gasteiger partial charge in [0.2, 0.25) is 11.8 Å². The minimum Gasteiger partial charge on any atom is -0.366 e. The molecule has 0 atom stereocenters. The van der Waals surface area contributed by atoms with Crippen LogP contribution in [0.5, 0.6) is 0 Å². The quantitative estimate of drug-likeness (QED) is 0.626. The van der Waals surface area contributed by atoms with Crippen LogP contribution < -0.4 is 16.6 Å². The maximum atomic E-state index is 12.4. The van der Waals surface area contributed by atoms with Crippen molar-refractivity contribution in [2.45, 2.75) is 32.1 Å². The molecule has 0 spiro atoms. The molecule has 0 aliphatic heterocycles. The van der Waals surface area contributed by atoms with E-state index >= 15 is 0 Å². The Morgan fingerprint density at radius 3 is 2.96 bits per heavy atom. The SMILES string of the molecule is NC(=O)c1cccc(NC(=O)CCc2nc3sc4c(c3c(=O)[nH]2)CCC4)c1. The van der Waals surface area contributed by atoms with Crippen LogP contribution in [0.25, 0.3) is 10.2 Å². The molecule has 3 aromatic rings. The van der Waals surface area contributed by atoms with E-state index in [1.165, 1.54) is 10.9 Å². The van der Waals surface area contributed by atoms with Gasteiger partial charge in [-0.15, -0.1) is 11.3 Å². The zero-order valence-corrected chi connectivity index (χ0v) is 15.3. The molecular formula is C19H18N4O3S. The second-order valence-corrected chi connectivity index (χ2v) is 7.63. The van der Waals surface area contributed by atoms with Crippen molar-refractivity contribution in [2.75, 3.05) is 5.32 Å². The van der Waals surface area contributed by atoms with E-state index in [9.17, 15) is 14.4 Å². The lowest BCUT2D eigenvalue weighted by Gasteiger charge is -2.06. The molecule has 0 unspecified atom stereocenters. The molecule has 27 heavy (non-hydrogen) atoms. The Morgan fingerprint density at radius 2 is 2.15 bits per heavy atom. The lowest BCUT2D eigenvalue weighted by atomic mass is 10.2. The number of H-pyrrole nitrogens is 1. The van der Waals surface area contributed by atoms with Gasteiger partial charge >= 0.3 is 0 Å². The molecule has 0 saturated carbocycles. The normalized spacial score (nSPS) is 12.9. The Morgan fingerprint density at radius 1 is 1.30 bits per heavy atom. The highest BCUT2D eigenvalue weighted by atomic mass is 32.1. The number of amides is 2. The molecule has 0 bridgehead atoms. The number of benzene rings is 1. The molecule has 2 amide bonds. The van der Waals surface area contributed by atoms with E-state index in [1.807, 2.05) is 0 Å². The van der Waals surface area contributed by atoms with Crippen LogP contribution in [-0.4, -0.2) is 21.8 Å². The number of carbonyl (C=O) groups is 2. The third-order valence-electron chi connectivity index (χ3n) is 4.64. The van der Waals surface area contributed by atoms with Gasteiger partial charge in [-0.1, -0.05) is 6.07 Å². The largest absolute Gasteiger partial charge is 0.366 e. The van der Waals surface area contributed by atoms with Crippen LogP contribution in [0.2, 0.25) is 0 Å². The van der Waals surface area contributed by atoms with Crippen LogP contribution in [-0.2, 0) is 24.1 Å². The topological polar surface area (TPSA) is 118 Å². The number of anilines is 1. The predicted octanol–water partition coefficient (Wildman–Crippen LogP) is 2.14. The Kier molecular flexibility index (Phi) is 4.49. The number of aromatic nitrogens is 2. The van der Waals surface area contributed by atoms with Crippen LogP contribution in [0, 0.1) is 0 Å². The van der Waals surface area contributed by atoms with Crippen molar-refractivity contribution in [3.05, 3.63) is 56.4 Å². The zero-order chi connectivity index (χ0) is 19.0.